The minimum absolute atomic E-state index is 0.00129. The molecule has 0 fully saturated rings. The van der Waals surface area contributed by atoms with Crippen LogP contribution in [-0.4, -0.2) is 33.3 Å². The molecule has 122 valence electrons. The van der Waals surface area contributed by atoms with Crippen molar-refractivity contribution in [1.29, 1.82) is 0 Å². The van der Waals surface area contributed by atoms with E-state index >= 15 is 0 Å². The van der Waals surface area contributed by atoms with Crippen molar-refractivity contribution >= 4 is 22.6 Å². The molecule has 1 aromatic carbocycles. The molecule has 7 heteroatoms. The Morgan fingerprint density at radius 3 is 2.61 bits per heavy atom. The molecule has 2 N–H and O–H groups in total. The summed E-state index contributed by atoms with van der Waals surface area (Å²) in [7, 11) is 1.55. The van der Waals surface area contributed by atoms with E-state index in [1.54, 1.807) is 38.2 Å². The van der Waals surface area contributed by atoms with E-state index in [1.165, 1.54) is 4.68 Å². The number of aromatic nitrogens is 2. The lowest BCUT2D eigenvalue weighted by Gasteiger charge is -2.11. The number of hydrogen-bond donors (Lipinski definition) is 2. The van der Waals surface area contributed by atoms with Gasteiger partial charge in [-0.15, -0.1) is 0 Å². The fourth-order valence-electron chi connectivity index (χ4n) is 2.38. The zero-order chi connectivity index (χ0) is 17.0. The van der Waals surface area contributed by atoms with Crippen LogP contribution in [0, 0.1) is 5.92 Å². The molecule has 1 aromatic heterocycles. The van der Waals surface area contributed by atoms with Gasteiger partial charge in [-0.2, -0.15) is 5.10 Å². The lowest BCUT2D eigenvalue weighted by Crippen LogP contribution is -2.31. The van der Waals surface area contributed by atoms with Crippen molar-refractivity contribution in [2.45, 2.75) is 19.8 Å². The molecule has 23 heavy (non-hydrogen) atoms. The smallest absolute Gasteiger partial charge is 0.303 e. The van der Waals surface area contributed by atoms with Crippen LogP contribution in [0.25, 0.3) is 10.8 Å². The van der Waals surface area contributed by atoms with Gasteiger partial charge < -0.3 is 10.4 Å². The van der Waals surface area contributed by atoms with Gasteiger partial charge in [0, 0.05) is 25.4 Å². The van der Waals surface area contributed by atoms with Crippen molar-refractivity contribution in [2.75, 3.05) is 6.54 Å². The number of benzene rings is 1. The van der Waals surface area contributed by atoms with Crippen molar-refractivity contribution in [3.63, 3.8) is 0 Å². The van der Waals surface area contributed by atoms with Crippen LogP contribution >= 0.6 is 0 Å². The largest absolute Gasteiger partial charge is 0.481 e. The first kappa shape index (κ1) is 16.7. The molecular weight excluding hydrogens is 298 g/mol. The van der Waals surface area contributed by atoms with Crippen molar-refractivity contribution in [2.24, 2.45) is 13.0 Å². The fraction of sp³-hybridized carbons (Fsp3) is 0.375. The number of aliphatic carboxylic acids is 1. The van der Waals surface area contributed by atoms with E-state index < -0.39 is 5.97 Å². The first-order chi connectivity index (χ1) is 10.9. The van der Waals surface area contributed by atoms with Crippen LogP contribution in [0.4, 0.5) is 0 Å². The molecule has 0 aliphatic carbocycles. The molecule has 2 aromatic rings. The van der Waals surface area contributed by atoms with Crippen LogP contribution < -0.4 is 10.9 Å². The Kier molecular flexibility index (Phi) is 5.10. The molecule has 7 nitrogen and oxygen atoms in total. The molecule has 0 saturated carbocycles. The van der Waals surface area contributed by atoms with Crippen LogP contribution in [0.2, 0.25) is 0 Å². The van der Waals surface area contributed by atoms with Crippen molar-refractivity contribution < 1.29 is 14.7 Å². The summed E-state index contributed by atoms with van der Waals surface area (Å²) in [5.74, 6) is -1.29. The van der Waals surface area contributed by atoms with Gasteiger partial charge in [-0.1, -0.05) is 25.1 Å². The molecule has 1 amide bonds. The van der Waals surface area contributed by atoms with Crippen molar-refractivity contribution in [3.05, 3.63) is 40.3 Å². The predicted octanol–water partition coefficient (Wildman–Crippen LogP) is 0.703. The maximum absolute atomic E-state index is 12.1. The van der Waals surface area contributed by atoms with Gasteiger partial charge in [0.1, 0.15) is 0 Å². The van der Waals surface area contributed by atoms with Gasteiger partial charge in [0.2, 0.25) is 5.91 Å². The predicted molar refractivity (Wildman–Crippen MR) is 85.1 cm³/mol. The van der Waals surface area contributed by atoms with E-state index in [1.807, 2.05) is 0 Å². The average Bonchev–Trinajstić information content (AvgIpc) is 2.50. The number of carbonyl (C=O) groups is 2. The quantitative estimate of drug-likeness (QED) is 0.817. The average molecular weight is 317 g/mol. The summed E-state index contributed by atoms with van der Waals surface area (Å²) < 4.78 is 1.22. The van der Waals surface area contributed by atoms with Crippen LogP contribution in [0.1, 0.15) is 19.0 Å². The second-order valence-electron chi connectivity index (χ2n) is 5.60. The Morgan fingerprint density at radius 2 is 1.96 bits per heavy atom. The molecule has 2 rings (SSSR count). The van der Waals surface area contributed by atoms with Gasteiger partial charge >= 0.3 is 5.97 Å². The summed E-state index contributed by atoms with van der Waals surface area (Å²) in [6, 6.07) is 7.02. The summed E-state index contributed by atoms with van der Waals surface area (Å²) in [6.45, 7) is 2.04. The van der Waals surface area contributed by atoms with Gasteiger partial charge in [0.25, 0.3) is 5.56 Å². The summed E-state index contributed by atoms with van der Waals surface area (Å²) in [5, 5.41) is 16.8. The molecule has 1 heterocycles. The third-order valence-electron chi connectivity index (χ3n) is 3.53. The lowest BCUT2D eigenvalue weighted by atomic mass is 10.1. The first-order valence-corrected chi connectivity index (χ1v) is 7.32. The second kappa shape index (κ2) is 7.04. The molecule has 1 atom stereocenters. The minimum Gasteiger partial charge on any atom is -0.481 e. The van der Waals surface area contributed by atoms with E-state index in [4.69, 9.17) is 5.11 Å². The highest BCUT2D eigenvalue weighted by Gasteiger charge is 2.13. The minimum atomic E-state index is -0.891. The number of aryl methyl sites for hydroxylation is 1. The van der Waals surface area contributed by atoms with Crippen LogP contribution in [0.15, 0.2) is 29.1 Å². The molecule has 0 saturated heterocycles. The molecule has 0 aliphatic rings. The highest BCUT2D eigenvalue weighted by atomic mass is 16.4. The maximum atomic E-state index is 12.1. The number of carboxylic acids is 1. The van der Waals surface area contributed by atoms with E-state index in [-0.39, 0.29) is 36.8 Å². The van der Waals surface area contributed by atoms with Gasteiger partial charge in [0.05, 0.1) is 17.5 Å². The molecule has 0 aliphatic heterocycles. The maximum Gasteiger partial charge on any atom is 0.303 e. The fourth-order valence-corrected chi connectivity index (χ4v) is 2.38. The van der Waals surface area contributed by atoms with Crippen molar-refractivity contribution in [3.8, 4) is 0 Å². The van der Waals surface area contributed by atoms with Gasteiger partial charge in [0.15, 0.2) is 0 Å². The number of amides is 1. The van der Waals surface area contributed by atoms with Gasteiger partial charge in [-0.25, -0.2) is 4.68 Å². The zero-order valence-corrected chi connectivity index (χ0v) is 13.1. The van der Waals surface area contributed by atoms with E-state index in [9.17, 15) is 14.4 Å². The standard InChI is InChI=1S/C16H19N3O4/c1-10(7-15(21)22)9-17-14(20)8-13-11-5-3-4-6-12(11)16(23)19(2)18-13/h3-6,10H,7-9H2,1-2H3,(H,17,20)(H,21,22). The number of hydrogen-bond acceptors (Lipinski definition) is 4. The highest BCUT2D eigenvalue weighted by Crippen LogP contribution is 2.13. The Morgan fingerprint density at radius 1 is 1.30 bits per heavy atom. The molecule has 1 unspecified atom stereocenters. The molecule has 0 spiro atoms. The normalized spacial score (nSPS) is 12.1. The van der Waals surface area contributed by atoms with E-state index in [2.05, 4.69) is 10.4 Å². The number of nitrogens with zero attached hydrogens (tertiary/aromatic N) is 2. The molecule has 0 radical (unpaired) electrons. The Labute approximate surface area is 132 Å². The number of carbonyl (C=O) groups excluding carboxylic acids is 1. The number of fused-ring (bicyclic) bond motifs is 1. The third kappa shape index (κ3) is 4.15. The van der Waals surface area contributed by atoms with E-state index in [0.717, 1.165) is 0 Å². The molecule has 0 bridgehead atoms. The summed E-state index contributed by atoms with van der Waals surface area (Å²) in [4.78, 5) is 34.7. The number of carboxylic acid groups (broad SMARTS) is 1. The summed E-state index contributed by atoms with van der Waals surface area (Å²) in [5.41, 5.74) is 0.311. The third-order valence-corrected chi connectivity index (χ3v) is 3.53. The van der Waals surface area contributed by atoms with Crippen LogP contribution in [0.5, 0.6) is 0 Å². The Hall–Kier alpha value is -2.70. The van der Waals surface area contributed by atoms with Crippen molar-refractivity contribution in [1.82, 2.24) is 15.1 Å². The summed E-state index contributed by atoms with van der Waals surface area (Å²) >= 11 is 0. The second-order valence-corrected chi connectivity index (χ2v) is 5.60. The Balaban J connectivity index is 2.13. The first-order valence-electron chi connectivity index (χ1n) is 7.32. The topological polar surface area (TPSA) is 101 Å². The number of rotatable bonds is 6. The van der Waals surface area contributed by atoms with Gasteiger partial charge in [-0.05, 0) is 12.0 Å². The number of nitrogens with one attached hydrogen (secondary N) is 1. The van der Waals surface area contributed by atoms with Crippen LogP contribution in [-0.2, 0) is 23.1 Å². The Bertz CT molecular complexity index is 798. The van der Waals surface area contributed by atoms with E-state index in [0.29, 0.717) is 16.5 Å². The zero-order valence-electron chi connectivity index (χ0n) is 13.1. The summed E-state index contributed by atoms with van der Waals surface area (Å²) in [6.07, 6.45) is 0.0374. The lowest BCUT2D eigenvalue weighted by molar-refractivity contribution is -0.138. The molecular formula is C16H19N3O4. The van der Waals surface area contributed by atoms with Crippen LogP contribution in [0.3, 0.4) is 0 Å². The highest BCUT2D eigenvalue weighted by molar-refractivity contribution is 5.88. The monoisotopic (exact) mass is 317 g/mol. The van der Waals surface area contributed by atoms with Gasteiger partial charge in [-0.3, -0.25) is 14.4 Å². The SMILES string of the molecule is CC(CNC(=O)Cc1nn(C)c(=O)c2ccccc12)CC(=O)O.